The maximum absolute atomic E-state index is 12.0. The minimum absolute atomic E-state index is 0.0628. The number of hydrogen-bond donors (Lipinski definition) is 1. The molecule has 0 amide bonds. The Labute approximate surface area is 116 Å². The van der Waals surface area contributed by atoms with Crippen LogP contribution in [0.4, 0.5) is 0 Å². The number of methoxy groups -OCH3 is 1. The normalized spacial score (nSPS) is 11.9. The highest BCUT2D eigenvalue weighted by Crippen LogP contribution is 2.32. The topological polar surface area (TPSA) is 46.5 Å². The van der Waals surface area contributed by atoms with E-state index in [0.717, 1.165) is 5.56 Å². The van der Waals surface area contributed by atoms with Crippen LogP contribution in [0, 0.1) is 0 Å². The molecular formula is C15H13ClO3. The van der Waals surface area contributed by atoms with Crippen molar-refractivity contribution in [2.24, 2.45) is 0 Å². The van der Waals surface area contributed by atoms with Gasteiger partial charge in [0.2, 0.25) is 0 Å². The molecule has 4 heteroatoms. The number of carbonyl (C=O) groups is 1. The molecule has 1 atom stereocenters. The van der Waals surface area contributed by atoms with E-state index >= 15 is 0 Å². The van der Waals surface area contributed by atoms with Gasteiger partial charge in [0.1, 0.15) is 11.7 Å². The number of benzene rings is 2. The Morgan fingerprint density at radius 2 is 1.79 bits per heavy atom. The van der Waals surface area contributed by atoms with E-state index < -0.39 is 11.9 Å². The molecular weight excluding hydrogens is 264 g/mol. The van der Waals surface area contributed by atoms with Crippen molar-refractivity contribution in [2.75, 3.05) is 7.11 Å². The van der Waals surface area contributed by atoms with E-state index in [9.17, 15) is 9.90 Å². The molecule has 2 aromatic rings. The van der Waals surface area contributed by atoms with Gasteiger partial charge < -0.3 is 9.84 Å². The lowest BCUT2D eigenvalue weighted by Crippen LogP contribution is -2.15. The molecule has 0 aliphatic heterocycles. The Kier molecular flexibility index (Phi) is 4.07. The monoisotopic (exact) mass is 276 g/mol. The Morgan fingerprint density at radius 3 is 2.37 bits per heavy atom. The molecule has 2 rings (SSSR count). The van der Waals surface area contributed by atoms with E-state index in [1.807, 2.05) is 0 Å². The van der Waals surface area contributed by atoms with Crippen LogP contribution in [-0.2, 0) is 9.53 Å². The fourth-order valence-electron chi connectivity index (χ4n) is 1.95. The van der Waals surface area contributed by atoms with Crippen molar-refractivity contribution in [3.8, 4) is 5.75 Å². The third-order valence-electron chi connectivity index (χ3n) is 2.89. The zero-order valence-electron chi connectivity index (χ0n) is 10.3. The number of phenols is 1. The van der Waals surface area contributed by atoms with Crippen LogP contribution >= 0.6 is 11.6 Å². The summed E-state index contributed by atoms with van der Waals surface area (Å²) in [5, 5.41) is 10.5. The van der Waals surface area contributed by atoms with Gasteiger partial charge in [-0.3, -0.25) is 4.79 Å². The maximum atomic E-state index is 12.0. The van der Waals surface area contributed by atoms with Gasteiger partial charge in [-0.05, 0) is 23.8 Å². The molecule has 1 N–H and O–H groups in total. The highest BCUT2D eigenvalue weighted by Gasteiger charge is 2.25. The number of aromatic hydroxyl groups is 1. The molecule has 19 heavy (non-hydrogen) atoms. The van der Waals surface area contributed by atoms with Crippen LogP contribution in [0.2, 0.25) is 5.02 Å². The maximum Gasteiger partial charge on any atom is 0.317 e. The lowest BCUT2D eigenvalue weighted by atomic mass is 9.91. The van der Waals surface area contributed by atoms with Gasteiger partial charge in [0.05, 0.1) is 7.11 Å². The van der Waals surface area contributed by atoms with Crippen molar-refractivity contribution in [3.63, 3.8) is 0 Å². The summed E-state index contributed by atoms with van der Waals surface area (Å²) in [5.41, 5.74) is 1.23. The van der Waals surface area contributed by atoms with Crippen LogP contribution in [-0.4, -0.2) is 18.2 Å². The van der Waals surface area contributed by atoms with Crippen LogP contribution < -0.4 is 0 Å². The summed E-state index contributed by atoms with van der Waals surface area (Å²) in [6.45, 7) is 0. The highest BCUT2D eigenvalue weighted by atomic mass is 35.5. The first-order valence-electron chi connectivity index (χ1n) is 5.74. The third kappa shape index (κ3) is 2.88. The largest absolute Gasteiger partial charge is 0.508 e. The summed E-state index contributed by atoms with van der Waals surface area (Å²) < 4.78 is 4.82. The van der Waals surface area contributed by atoms with Crippen molar-refractivity contribution in [1.82, 2.24) is 0 Å². The second-order valence-corrected chi connectivity index (χ2v) is 4.50. The third-order valence-corrected chi connectivity index (χ3v) is 3.14. The summed E-state index contributed by atoms with van der Waals surface area (Å²) in [7, 11) is 1.32. The SMILES string of the molecule is COC(=O)C(c1ccc(Cl)cc1)c1ccccc1O. The smallest absolute Gasteiger partial charge is 0.317 e. The fraction of sp³-hybridized carbons (Fsp3) is 0.133. The molecule has 0 bridgehead atoms. The number of phenolic OH excluding ortho intramolecular Hbond substituents is 1. The Morgan fingerprint density at radius 1 is 1.16 bits per heavy atom. The number of halogens is 1. The molecule has 0 aliphatic carbocycles. The van der Waals surface area contributed by atoms with Crippen LogP contribution in [0.25, 0.3) is 0 Å². The zero-order chi connectivity index (χ0) is 13.8. The van der Waals surface area contributed by atoms with Gasteiger partial charge in [0.15, 0.2) is 0 Å². The van der Waals surface area contributed by atoms with E-state index in [1.165, 1.54) is 7.11 Å². The number of ether oxygens (including phenoxy) is 1. The lowest BCUT2D eigenvalue weighted by molar-refractivity contribution is -0.141. The van der Waals surface area contributed by atoms with Crippen molar-refractivity contribution in [1.29, 1.82) is 0 Å². The fourth-order valence-corrected chi connectivity index (χ4v) is 2.07. The van der Waals surface area contributed by atoms with Gasteiger partial charge in [-0.25, -0.2) is 0 Å². The van der Waals surface area contributed by atoms with Gasteiger partial charge in [-0.15, -0.1) is 0 Å². The van der Waals surface area contributed by atoms with Crippen molar-refractivity contribution < 1.29 is 14.6 Å². The van der Waals surface area contributed by atoms with Crippen LogP contribution in [0.1, 0.15) is 17.0 Å². The molecule has 98 valence electrons. The summed E-state index contributed by atoms with van der Waals surface area (Å²) >= 11 is 5.84. The lowest BCUT2D eigenvalue weighted by Gasteiger charge is -2.16. The number of hydrogen-bond acceptors (Lipinski definition) is 3. The average Bonchev–Trinajstić information content (AvgIpc) is 2.43. The Bertz CT molecular complexity index is 578. The van der Waals surface area contributed by atoms with Crippen LogP contribution in [0.5, 0.6) is 5.75 Å². The van der Waals surface area contributed by atoms with E-state index in [1.54, 1.807) is 48.5 Å². The summed E-state index contributed by atoms with van der Waals surface area (Å²) in [5.74, 6) is -1.03. The first-order chi connectivity index (χ1) is 9.13. The molecule has 0 aromatic heterocycles. The molecule has 0 spiro atoms. The van der Waals surface area contributed by atoms with Gasteiger partial charge in [0.25, 0.3) is 0 Å². The zero-order valence-corrected chi connectivity index (χ0v) is 11.1. The molecule has 0 saturated heterocycles. The molecule has 3 nitrogen and oxygen atoms in total. The molecule has 0 fully saturated rings. The number of para-hydroxylation sites is 1. The highest BCUT2D eigenvalue weighted by molar-refractivity contribution is 6.30. The summed E-state index contributed by atoms with van der Waals surface area (Å²) in [4.78, 5) is 12.0. The number of rotatable bonds is 3. The molecule has 2 aromatic carbocycles. The molecule has 0 heterocycles. The van der Waals surface area contributed by atoms with Crippen LogP contribution in [0.3, 0.4) is 0 Å². The van der Waals surface area contributed by atoms with Crippen molar-refractivity contribution >= 4 is 17.6 Å². The predicted molar refractivity (Wildman–Crippen MR) is 73.4 cm³/mol. The number of carbonyl (C=O) groups excluding carboxylic acids is 1. The van der Waals surface area contributed by atoms with Gasteiger partial charge >= 0.3 is 5.97 Å². The van der Waals surface area contributed by atoms with Gasteiger partial charge in [-0.2, -0.15) is 0 Å². The second kappa shape index (κ2) is 5.76. The minimum Gasteiger partial charge on any atom is -0.508 e. The Balaban J connectivity index is 2.51. The van der Waals surface area contributed by atoms with Gasteiger partial charge in [-0.1, -0.05) is 41.9 Å². The van der Waals surface area contributed by atoms with Gasteiger partial charge in [0, 0.05) is 10.6 Å². The van der Waals surface area contributed by atoms with E-state index in [-0.39, 0.29) is 5.75 Å². The van der Waals surface area contributed by atoms with E-state index in [0.29, 0.717) is 10.6 Å². The molecule has 0 aliphatic rings. The summed E-state index contributed by atoms with van der Waals surface area (Å²) in [6, 6.07) is 13.6. The van der Waals surface area contributed by atoms with Crippen molar-refractivity contribution in [3.05, 3.63) is 64.7 Å². The first kappa shape index (κ1) is 13.4. The predicted octanol–water partition coefficient (Wildman–Crippen LogP) is 3.35. The van der Waals surface area contributed by atoms with Crippen LogP contribution in [0.15, 0.2) is 48.5 Å². The second-order valence-electron chi connectivity index (χ2n) is 4.07. The Hall–Kier alpha value is -2.00. The summed E-state index contributed by atoms with van der Waals surface area (Å²) in [6.07, 6.45) is 0. The quantitative estimate of drug-likeness (QED) is 0.875. The first-order valence-corrected chi connectivity index (χ1v) is 6.12. The minimum atomic E-state index is -0.663. The standard InChI is InChI=1S/C15H13ClO3/c1-19-15(18)14(10-6-8-11(16)9-7-10)12-4-2-3-5-13(12)17/h2-9,14,17H,1H3. The molecule has 1 unspecified atom stereocenters. The average molecular weight is 277 g/mol. The molecule has 0 saturated carbocycles. The number of esters is 1. The van der Waals surface area contributed by atoms with E-state index in [2.05, 4.69) is 0 Å². The molecule has 0 radical (unpaired) electrons. The van der Waals surface area contributed by atoms with E-state index in [4.69, 9.17) is 16.3 Å². The van der Waals surface area contributed by atoms with Crippen molar-refractivity contribution in [2.45, 2.75) is 5.92 Å².